The highest BCUT2D eigenvalue weighted by atomic mass is 79.9. The maximum atomic E-state index is 13.8. The van der Waals surface area contributed by atoms with Gasteiger partial charge in [-0.2, -0.15) is 0 Å². The van der Waals surface area contributed by atoms with E-state index in [0.717, 1.165) is 6.07 Å². The molecule has 0 saturated carbocycles. The molecule has 0 fully saturated rings. The summed E-state index contributed by atoms with van der Waals surface area (Å²) in [5.74, 6) is -0.695. The summed E-state index contributed by atoms with van der Waals surface area (Å²) in [7, 11) is -4.05. The van der Waals surface area contributed by atoms with Crippen LogP contribution in [0.2, 0.25) is 0 Å². The zero-order valence-electron chi connectivity index (χ0n) is 10.2. The van der Waals surface area contributed by atoms with E-state index in [0.29, 0.717) is 4.47 Å². The van der Waals surface area contributed by atoms with Gasteiger partial charge >= 0.3 is 0 Å². The molecule has 0 spiro atoms. The first-order valence-electron chi connectivity index (χ1n) is 5.43. The molecule has 0 aromatic heterocycles. The summed E-state index contributed by atoms with van der Waals surface area (Å²) in [6.07, 6.45) is 0. The molecule has 2 rings (SSSR count). The van der Waals surface area contributed by atoms with Gasteiger partial charge in [-0.3, -0.25) is 4.72 Å². The molecule has 21 heavy (non-hydrogen) atoms. The van der Waals surface area contributed by atoms with Crippen LogP contribution in [0.25, 0.3) is 0 Å². The lowest BCUT2D eigenvalue weighted by Crippen LogP contribution is -2.16. The summed E-state index contributed by atoms with van der Waals surface area (Å²) in [4.78, 5) is -0.152. The van der Waals surface area contributed by atoms with Crippen LogP contribution < -0.4 is 10.5 Å². The van der Waals surface area contributed by atoms with Crippen LogP contribution in [-0.4, -0.2) is 8.42 Å². The van der Waals surface area contributed by atoms with Gasteiger partial charge in [0.15, 0.2) is 0 Å². The largest absolute Gasteiger partial charge is 0.398 e. The van der Waals surface area contributed by atoms with Crippen LogP contribution in [0.5, 0.6) is 0 Å². The zero-order valence-corrected chi connectivity index (χ0v) is 15.8. The fourth-order valence-electron chi connectivity index (χ4n) is 1.64. The van der Waals surface area contributed by atoms with Crippen molar-refractivity contribution < 1.29 is 12.8 Å². The van der Waals surface area contributed by atoms with E-state index in [-0.39, 0.29) is 25.2 Å². The van der Waals surface area contributed by atoms with Crippen LogP contribution in [0.1, 0.15) is 0 Å². The maximum Gasteiger partial charge on any atom is 0.265 e. The highest BCUT2D eigenvalue weighted by Gasteiger charge is 2.24. The van der Waals surface area contributed by atoms with Crippen LogP contribution in [0.4, 0.5) is 15.8 Å². The molecule has 9 heteroatoms. The number of anilines is 2. The second kappa shape index (κ2) is 6.23. The quantitative estimate of drug-likeness (QED) is 0.607. The topological polar surface area (TPSA) is 72.2 Å². The summed E-state index contributed by atoms with van der Waals surface area (Å²) in [6.45, 7) is 0. The molecule has 3 N–H and O–H groups in total. The Labute approximate surface area is 146 Å². The van der Waals surface area contributed by atoms with Crippen LogP contribution in [0.15, 0.2) is 48.6 Å². The molecule has 0 heterocycles. The van der Waals surface area contributed by atoms with Crippen molar-refractivity contribution in [2.24, 2.45) is 0 Å². The minimum atomic E-state index is -4.05. The molecule has 0 bridgehead atoms. The molecule has 0 amide bonds. The summed E-state index contributed by atoms with van der Waals surface area (Å²) >= 11 is 9.46. The third-order valence-electron chi connectivity index (χ3n) is 2.51. The summed E-state index contributed by atoms with van der Waals surface area (Å²) in [6, 6.07) is 7.14. The third kappa shape index (κ3) is 3.58. The predicted molar refractivity (Wildman–Crippen MR) is 91.2 cm³/mol. The smallest absolute Gasteiger partial charge is 0.265 e. The molecule has 0 radical (unpaired) electrons. The van der Waals surface area contributed by atoms with Gasteiger partial charge < -0.3 is 5.73 Å². The average Bonchev–Trinajstić information content (AvgIpc) is 2.32. The lowest BCUT2D eigenvalue weighted by Gasteiger charge is -2.14. The number of para-hydroxylation sites is 1. The first-order valence-corrected chi connectivity index (χ1v) is 9.30. The van der Waals surface area contributed by atoms with Crippen molar-refractivity contribution in [2.75, 3.05) is 10.5 Å². The Balaban J connectivity index is 2.54. The molecular weight excluding hydrogens is 495 g/mol. The van der Waals surface area contributed by atoms with Crippen molar-refractivity contribution in [1.29, 1.82) is 0 Å². The van der Waals surface area contributed by atoms with Crippen molar-refractivity contribution in [3.63, 3.8) is 0 Å². The molecule has 0 aliphatic rings. The number of halogens is 4. The first kappa shape index (κ1) is 16.7. The number of benzene rings is 2. The number of nitrogens with one attached hydrogen (secondary N) is 1. The Bertz CT molecular complexity index is 769. The number of nitrogen functional groups attached to an aromatic ring is 1. The van der Waals surface area contributed by atoms with Gasteiger partial charge in [0.1, 0.15) is 10.7 Å². The number of hydrogen-bond donors (Lipinski definition) is 2. The average molecular weight is 503 g/mol. The molecule has 2 aromatic rings. The molecule has 0 aliphatic heterocycles. The van der Waals surface area contributed by atoms with Gasteiger partial charge in [0, 0.05) is 13.4 Å². The highest BCUT2D eigenvalue weighted by Crippen LogP contribution is 2.34. The lowest BCUT2D eigenvalue weighted by atomic mass is 10.3. The second-order valence-electron chi connectivity index (χ2n) is 4.01. The second-order valence-corrected chi connectivity index (χ2v) is 8.25. The molecule has 0 unspecified atom stereocenters. The Hall–Kier alpha value is -0.640. The summed E-state index contributed by atoms with van der Waals surface area (Å²) in [5.41, 5.74) is 5.62. The third-order valence-corrected chi connectivity index (χ3v) is 5.98. The fraction of sp³-hybridized carbons (Fsp3) is 0. The maximum absolute atomic E-state index is 13.8. The molecule has 0 aliphatic carbocycles. The lowest BCUT2D eigenvalue weighted by molar-refractivity contribution is 0.598. The van der Waals surface area contributed by atoms with Gasteiger partial charge in [-0.25, -0.2) is 12.8 Å². The van der Waals surface area contributed by atoms with E-state index in [2.05, 4.69) is 52.5 Å². The summed E-state index contributed by atoms with van der Waals surface area (Å²) in [5, 5.41) is 0. The van der Waals surface area contributed by atoms with Crippen LogP contribution >= 0.6 is 47.8 Å². The Kier molecular flexibility index (Phi) is 4.96. The minimum Gasteiger partial charge on any atom is -0.398 e. The van der Waals surface area contributed by atoms with Crippen molar-refractivity contribution in [3.05, 3.63) is 49.6 Å². The molecule has 4 nitrogen and oxygen atoms in total. The van der Waals surface area contributed by atoms with Crippen molar-refractivity contribution in [3.8, 4) is 0 Å². The van der Waals surface area contributed by atoms with Crippen molar-refractivity contribution >= 4 is 69.2 Å². The molecule has 112 valence electrons. The number of nitrogens with two attached hydrogens (primary N) is 1. The van der Waals surface area contributed by atoms with Gasteiger partial charge in [0.05, 0.1) is 11.4 Å². The van der Waals surface area contributed by atoms with E-state index < -0.39 is 15.8 Å². The van der Waals surface area contributed by atoms with E-state index in [1.54, 1.807) is 6.07 Å². The van der Waals surface area contributed by atoms with Crippen LogP contribution in [0.3, 0.4) is 0 Å². The van der Waals surface area contributed by atoms with E-state index >= 15 is 0 Å². The highest BCUT2D eigenvalue weighted by molar-refractivity contribution is 9.11. The molecule has 0 saturated heterocycles. The fourth-order valence-corrected chi connectivity index (χ4v) is 5.38. The van der Waals surface area contributed by atoms with E-state index in [1.165, 1.54) is 18.2 Å². The zero-order chi connectivity index (χ0) is 15.8. The number of hydrogen-bond acceptors (Lipinski definition) is 3. The summed E-state index contributed by atoms with van der Waals surface area (Å²) < 4.78 is 42.0. The Morgan fingerprint density at radius 2 is 1.76 bits per heavy atom. The van der Waals surface area contributed by atoms with Gasteiger partial charge in [-0.1, -0.05) is 22.0 Å². The number of sulfonamides is 1. The molecule has 2 aromatic carbocycles. The minimum absolute atomic E-state index is 0.0382. The van der Waals surface area contributed by atoms with Gasteiger partial charge in [-0.15, -0.1) is 0 Å². The molecular formula is C12H8Br3FN2O2S. The van der Waals surface area contributed by atoms with Crippen LogP contribution in [-0.2, 0) is 10.0 Å². The predicted octanol–water partition coefficient (Wildman–Crippen LogP) is 4.50. The van der Waals surface area contributed by atoms with Crippen LogP contribution in [0, 0.1) is 5.82 Å². The molecule has 0 atom stereocenters. The van der Waals surface area contributed by atoms with E-state index in [1.807, 2.05) is 0 Å². The first-order chi connectivity index (χ1) is 9.72. The van der Waals surface area contributed by atoms with E-state index in [9.17, 15) is 12.8 Å². The SMILES string of the molecule is Nc1cc(Br)cc(Br)c1S(=O)(=O)Nc1c(F)cccc1Br. The monoisotopic (exact) mass is 500 g/mol. The van der Waals surface area contributed by atoms with E-state index in [4.69, 9.17) is 5.73 Å². The Morgan fingerprint density at radius 3 is 2.33 bits per heavy atom. The van der Waals surface area contributed by atoms with Gasteiger partial charge in [-0.05, 0) is 56.1 Å². The van der Waals surface area contributed by atoms with Crippen molar-refractivity contribution in [1.82, 2.24) is 0 Å². The number of rotatable bonds is 3. The van der Waals surface area contributed by atoms with Gasteiger partial charge in [0.25, 0.3) is 10.0 Å². The Morgan fingerprint density at radius 1 is 1.10 bits per heavy atom. The standard InChI is InChI=1S/C12H8Br3FN2O2S/c13-6-4-8(15)12(10(17)5-6)21(19,20)18-11-7(14)2-1-3-9(11)16/h1-5,18H,17H2. The van der Waals surface area contributed by atoms with Gasteiger partial charge in [0.2, 0.25) is 0 Å². The normalized spacial score (nSPS) is 11.4. The van der Waals surface area contributed by atoms with Crippen molar-refractivity contribution in [2.45, 2.75) is 4.90 Å².